The van der Waals surface area contributed by atoms with E-state index in [0.717, 1.165) is 5.56 Å². The number of fused-ring (bicyclic) bond motifs is 1. The molecule has 170 valence electrons. The van der Waals surface area contributed by atoms with Crippen LogP contribution in [0.3, 0.4) is 0 Å². The lowest BCUT2D eigenvalue weighted by molar-refractivity contribution is -0.125. The van der Waals surface area contributed by atoms with Crippen LogP contribution in [-0.4, -0.2) is 36.9 Å². The highest BCUT2D eigenvalue weighted by atomic mass is 32.2. The summed E-state index contributed by atoms with van der Waals surface area (Å²) in [6.07, 6.45) is 0. The third-order valence-electron chi connectivity index (χ3n) is 5.55. The van der Waals surface area contributed by atoms with Crippen molar-refractivity contribution in [2.24, 2.45) is 0 Å². The number of carbonyl (C=O) groups excluding carboxylic acids is 2. The van der Waals surface area contributed by atoms with Crippen molar-refractivity contribution in [2.45, 2.75) is 24.9 Å². The Bertz CT molecular complexity index is 1260. The summed E-state index contributed by atoms with van der Waals surface area (Å²) < 4.78 is 39.2. The Morgan fingerprint density at radius 2 is 1.61 bits per heavy atom. The van der Waals surface area contributed by atoms with Gasteiger partial charge < -0.3 is 10.2 Å². The standard InChI is InChI=1S/C25H23FN2O4S/c26-21-12-10-18(11-13-21)14-27-24(29)23(17-33(31,32)16-19-6-2-1-3-7-19)28-15-20-8-4-5-9-22(20)25(28)30/h1-13,23H,14-17H2,(H,27,29)/t23-/m0/s1. The fourth-order valence-electron chi connectivity index (χ4n) is 3.87. The van der Waals surface area contributed by atoms with E-state index in [4.69, 9.17) is 0 Å². The van der Waals surface area contributed by atoms with E-state index in [1.807, 2.05) is 0 Å². The predicted molar refractivity (Wildman–Crippen MR) is 122 cm³/mol. The summed E-state index contributed by atoms with van der Waals surface area (Å²) in [5, 5.41) is 2.71. The van der Waals surface area contributed by atoms with E-state index in [1.165, 1.54) is 29.2 Å². The third-order valence-corrected chi connectivity index (χ3v) is 7.15. The number of hydrogen-bond donors (Lipinski definition) is 1. The maximum absolute atomic E-state index is 13.2. The minimum atomic E-state index is -3.72. The Hall–Kier alpha value is -3.52. The zero-order valence-electron chi connectivity index (χ0n) is 17.8. The summed E-state index contributed by atoms with van der Waals surface area (Å²) in [7, 11) is -3.72. The van der Waals surface area contributed by atoms with Gasteiger partial charge in [-0.3, -0.25) is 9.59 Å². The zero-order valence-corrected chi connectivity index (χ0v) is 18.6. The Balaban J connectivity index is 1.56. The van der Waals surface area contributed by atoms with Crippen LogP contribution in [0.2, 0.25) is 0 Å². The molecule has 0 radical (unpaired) electrons. The lowest BCUT2D eigenvalue weighted by Crippen LogP contribution is -2.50. The second-order valence-corrected chi connectivity index (χ2v) is 10.1. The first-order valence-corrected chi connectivity index (χ1v) is 12.3. The average molecular weight is 467 g/mol. The monoisotopic (exact) mass is 466 g/mol. The van der Waals surface area contributed by atoms with Crippen LogP contribution >= 0.6 is 0 Å². The van der Waals surface area contributed by atoms with Gasteiger partial charge in [0.2, 0.25) is 5.91 Å². The van der Waals surface area contributed by atoms with Gasteiger partial charge in [0.25, 0.3) is 5.91 Å². The molecular formula is C25H23FN2O4S. The number of benzene rings is 3. The molecule has 0 bridgehead atoms. The Morgan fingerprint density at radius 3 is 2.30 bits per heavy atom. The van der Waals surface area contributed by atoms with Gasteiger partial charge in [0.05, 0.1) is 11.5 Å². The van der Waals surface area contributed by atoms with E-state index in [0.29, 0.717) is 16.7 Å². The van der Waals surface area contributed by atoms with Crippen LogP contribution in [0.15, 0.2) is 78.9 Å². The van der Waals surface area contributed by atoms with Gasteiger partial charge in [-0.25, -0.2) is 12.8 Å². The number of amides is 2. The van der Waals surface area contributed by atoms with Gasteiger partial charge in [-0.15, -0.1) is 0 Å². The molecule has 0 aliphatic carbocycles. The van der Waals surface area contributed by atoms with E-state index in [9.17, 15) is 22.4 Å². The molecule has 4 rings (SSSR count). The van der Waals surface area contributed by atoms with Crippen LogP contribution in [0.4, 0.5) is 4.39 Å². The number of rotatable bonds is 8. The van der Waals surface area contributed by atoms with Crippen molar-refractivity contribution >= 4 is 21.7 Å². The van der Waals surface area contributed by atoms with Crippen molar-refractivity contribution in [3.05, 3.63) is 107 Å². The van der Waals surface area contributed by atoms with Gasteiger partial charge in [0, 0.05) is 18.7 Å². The smallest absolute Gasteiger partial charge is 0.255 e. The molecule has 0 fully saturated rings. The van der Waals surface area contributed by atoms with Gasteiger partial charge in [0.1, 0.15) is 11.9 Å². The van der Waals surface area contributed by atoms with Crippen molar-refractivity contribution < 1.29 is 22.4 Å². The quantitative estimate of drug-likeness (QED) is 0.553. The fourth-order valence-corrected chi connectivity index (χ4v) is 5.50. The lowest BCUT2D eigenvalue weighted by Gasteiger charge is -2.27. The highest BCUT2D eigenvalue weighted by Gasteiger charge is 2.38. The van der Waals surface area contributed by atoms with Crippen molar-refractivity contribution in [1.82, 2.24) is 10.2 Å². The average Bonchev–Trinajstić information content (AvgIpc) is 3.14. The van der Waals surface area contributed by atoms with Crippen molar-refractivity contribution in [3.63, 3.8) is 0 Å². The van der Waals surface area contributed by atoms with Crippen molar-refractivity contribution in [3.8, 4) is 0 Å². The molecule has 8 heteroatoms. The minimum absolute atomic E-state index is 0.0866. The summed E-state index contributed by atoms with van der Waals surface area (Å²) in [5.74, 6) is -2.07. The first kappa shape index (κ1) is 22.7. The molecule has 1 N–H and O–H groups in total. The van der Waals surface area contributed by atoms with Crippen molar-refractivity contribution in [1.29, 1.82) is 0 Å². The van der Waals surface area contributed by atoms with Crippen LogP contribution in [-0.2, 0) is 33.5 Å². The maximum atomic E-state index is 13.2. The number of hydrogen-bond acceptors (Lipinski definition) is 4. The minimum Gasteiger partial charge on any atom is -0.350 e. The summed E-state index contributed by atoms with van der Waals surface area (Å²) in [6.45, 7) is 0.244. The number of halogens is 1. The molecule has 0 unspecified atom stereocenters. The van der Waals surface area contributed by atoms with Crippen LogP contribution < -0.4 is 5.32 Å². The Kier molecular flexibility index (Phi) is 6.55. The van der Waals surface area contributed by atoms with Crippen LogP contribution in [0, 0.1) is 5.82 Å². The SMILES string of the molecule is O=C(NCc1ccc(F)cc1)[C@H](CS(=O)(=O)Cc1ccccc1)N1Cc2ccccc2C1=O. The second-order valence-electron chi connectivity index (χ2n) is 7.99. The highest BCUT2D eigenvalue weighted by Crippen LogP contribution is 2.25. The number of carbonyl (C=O) groups is 2. The lowest BCUT2D eigenvalue weighted by atomic mass is 10.1. The number of nitrogens with zero attached hydrogens (tertiary/aromatic N) is 1. The molecule has 1 heterocycles. The van der Waals surface area contributed by atoms with E-state index < -0.39 is 33.4 Å². The summed E-state index contributed by atoms with van der Waals surface area (Å²) in [5.41, 5.74) is 2.49. The molecule has 3 aromatic carbocycles. The highest BCUT2D eigenvalue weighted by molar-refractivity contribution is 7.90. The molecule has 0 aromatic heterocycles. The summed E-state index contributed by atoms with van der Waals surface area (Å²) in [4.78, 5) is 27.5. The van der Waals surface area contributed by atoms with Crippen molar-refractivity contribution in [2.75, 3.05) is 5.75 Å². The van der Waals surface area contributed by atoms with E-state index in [1.54, 1.807) is 54.6 Å². The van der Waals surface area contributed by atoms with Crippen LogP contribution in [0.1, 0.15) is 27.0 Å². The maximum Gasteiger partial charge on any atom is 0.255 e. The predicted octanol–water partition coefficient (Wildman–Crippen LogP) is 3.08. The van der Waals surface area contributed by atoms with Crippen LogP contribution in [0.5, 0.6) is 0 Å². The molecular weight excluding hydrogens is 443 g/mol. The fraction of sp³-hybridized carbons (Fsp3) is 0.200. The summed E-state index contributed by atoms with van der Waals surface area (Å²) >= 11 is 0. The molecule has 33 heavy (non-hydrogen) atoms. The van der Waals surface area contributed by atoms with E-state index in [2.05, 4.69) is 5.32 Å². The molecule has 1 aliphatic rings. The van der Waals surface area contributed by atoms with Gasteiger partial charge in [0.15, 0.2) is 9.84 Å². The molecule has 1 atom stereocenters. The van der Waals surface area contributed by atoms with Gasteiger partial charge >= 0.3 is 0 Å². The second kappa shape index (κ2) is 9.54. The van der Waals surface area contributed by atoms with E-state index >= 15 is 0 Å². The first-order chi connectivity index (χ1) is 15.8. The number of sulfone groups is 1. The van der Waals surface area contributed by atoms with Gasteiger partial charge in [-0.05, 0) is 34.9 Å². The Morgan fingerprint density at radius 1 is 0.939 bits per heavy atom. The molecule has 0 saturated heterocycles. The van der Waals surface area contributed by atoms with Gasteiger partial charge in [-0.1, -0.05) is 60.7 Å². The van der Waals surface area contributed by atoms with E-state index in [-0.39, 0.29) is 24.7 Å². The summed E-state index contributed by atoms with van der Waals surface area (Å²) in [6, 6.07) is 20.1. The topological polar surface area (TPSA) is 83.6 Å². The normalized spacial score (nSPS) is 14.1. The number of nitrogens with one attached hydrogen (secondary N) is 1. The molecule has 3 aromatic rings. The van der Waals surface area contributed by atoms with Crippen LogP contribution in [0.25, 0.3) is 0 Å². The Labute approximate surface area is 192 Å². The largest absolute Gasteiger partial charge is 0.350 e. The molecule has 0 saturated carbocycles. The molecule has 1 aliphatic heterocycles. The third kappa shape index (κ3) is 5.46. The molecule has 2 amide bonds. The molecule has 0 spiro atoms. The van der Waals surface area contributed by atoms with Gasteiger partial charge in [-0.2, -0.15) is 0 Å². The zero-order chi connectivity index (χ0) is 23.4. The first-order valence-electron chi connectivity index (χ1n) is 10.5. The molecule has 6 nitrogen and oxygen atoms in total.